The third-order valence-corrected chi connectivity index (χ3v) is 2.84. The number of H-pyrrole nitrogens is 1. The molecule has 2 rings (SSSR count). The molecule has 1 aromatic heterocycles. The minimum Gasteiger partial charge on any atom is -0.330 e. The maximum Gasteiger partial charge on any atom is 0.266 e. The molecule has 0 spiro atoms. The van der Waals surface area contributed by atoms with Crippen molar-refractivity contribution in [3.05, 3.63) is 21.7 Å². The number of hydrogen-bond donors (Lipinski definition) is 1. The molecule has 2 heterocycles. The molecule has 0 saturated heterocycles. The van der Waals surface area contributed by atoms with Crippen LogP contribution in [0.3, 0.4) is 0 Å². The zero-order valence-corrected chi connectivity index (χ0v) is 11.0. The third-order valence-electron chi connectivity index (χ3n) is 2.61. The highest BCUT2D eigenvalue weighted by atomic mass is 79.9. The van der Waals surface area contributed by atoms with Crippen molar-refractivity contribution >= 4 is 21.9 Å². The van der Waals surface area contributed by atoms with Gasteiger partial charge in [-0.1, -0.05) is 28.0 Å². The van der Waals surface area contributed by atoms with E-state index in [4.69, 9.17) is 0 Å². The summed E-state index contributed by atoms with van der Waals surface area (Å²) in [5.74, 6) is 0.668. The van der Waals surface area contributed by atoms with Crippen LogP contribution in [0.4, 0.5) is 5.95 Å². The zero-order chi connectivity index (χ0) is 11.5. The number of allylic oxidation sites excluding steroid dienone is 1. The van der Waals surface area contributed by atoms with Gasteiger partial charge < -0.3 is 4.90 Å². The van der Waals surface area contributed by atoms with E-state index in [0.717, 1.165) is 24.0 Å². The van der Waals surface area contributed by atoms with Crippen LogP contribution in [0.5, 0.6) is 0 Å². The fourth-order valence-corrected chi connectivity index (χ4v) is 2.14. The number of aromatic nitrogens is 4. The summed E-state index contributed by atoms with van der Waals surface area (Å²) >= 11 is 3.47. The van der Waals surface area contributed by atoms with E-state index in [9.17, 15) is 0 Å². The van der Waals surface area contributed by atoms with Crippen molar-refractivity contribution in [3.8, 4) is 0 Å². The van der Waals surface area contributed by atoms with Gasteiger partial charge in [0.05, 0.1) is 0 Å². The molecule has 1 N–H and O–H groups in total. The molecule has 5 nitrogen and oxygen atoms in total. The van der Waals surface area contributed by atoms with Gasteiger partial charge in [0.15, 0.2) is 0 Å². The Labute approximate surface area is 103 Å². The predicted octanol–water partition coefficient (Wildman–Crippen LogP) is 2.02. The average molecular weight is 284 g/mol. The fraction of sp³-hybridized carbons (Fsp3) is 0.500. The lowest BCUT2D eigenvalue weighted by molar-refractivity contribution is 0.881. The van der Waals surface area contributed by atoms with Gasteiger partial charge in [0.2, 0.25) is 0 Å². The molecular weight excluding hydrogens is 270 g/mol. The van der Waals surface area contributed by atoms with E-state index in [2.05, 4.69) is 54.5 Å². The van der Waals surface area contributed by atoms with Gasteiger partial charge in [-0.3, -0.25) is 0 Å². The van der Waals surface area contributed by atoms with E-state index < -0.39 is 0 Å². The SMILES string of the molecule is CCC1=C(/C=C(\C)Br)CN(c2nn[nH]n2)C1. The van der Waals surface area contributed by atoms with Crippen molar-refractivity contribution in [3.63, 3.8) is 0 Å². The number of halogens is 1. The monoisotopic (exact) mass is 283 g/mol. The molecule has 86 valence electrons. The van der Waals surface area contributed by atoms with Crippen LogP contribution >= 0.6 is 15.9 Å². The Kier molecular flexibility index (Phi) is 3.38. The molecule has 1 aliphatic rings. The molecule has 6 heteroatoms. The highest BCUT2D eigenvalue weighted by molar-refractivity contribution is 9.11. The summed E-state index contributed by atoms with van der Waals surface area (Å²) < 4.78 is 1.14. The largest absolute Gasteiger partial charge is 0.330 e. The summed E-state index contributed by atoms with van der Waals surface area (Å²) in [6.45, 7) is 5.96. The fourth-order valence-electron chi connectivity index (χ4n) is 1.86. The first-order valence-corrected chi connectivity index (χ1v) is 6.03. The smallest absolute Gasteiger partial charge is 0.266 e. The van der Waals surface area contributed by atoms with Gasteiger partial charge in [-0.15, -0.1) is 5.10 Å². The van der Waals surface area contributed by atoms with Crippen LogP contribution < -0.4 is 4.90 Å². The van der Waals surface area contributed by atoms with Crippen LogP contribution in [-0.4, -0.2) is 33.7 Å². The van der Waals surface area contributed by atoms with E-state index in [1.54, 1.807) is 0 Å². The van der Waals surface area contributed by atoms with Crippen LogP contribution in [-0.2, 0) is 0 Å². The lowest BCUT2D eigenvalue weighted by atomic mass is 10.1. The number of tetrazole rings is 1. The normalized spacial score (nSPS) is 17.4. The molecule has 0 atom stereocenters. The topological polar surface area (TPSA) is 57.7 Å². The maximum absolute atomic E-state index is 4.00. The molecule has 0 radical (unpaired) electrons. The van der Waals surface area contributed by atoms with Crippen LogP contribution in [0, 0.1) is 0 Å². The van der Waals surface area contributed by atoms with Crippen molar-refractivity contribution in [2.24, 2.45) is 0 Å². The van der Waals surface area contributed by atoms with Crippen molar-refractivity contribution in [2.75, 3.05) is 18.0 Å². The Balaban J connectivity index is 2.17. The summed E-state index contributed by atoms with van der Waals surface area (Å²) in [6, 6.07) is 0. The van der Waals surface area contributed by atoms with Crippen molar-refractivity contribution in [2.45, 2.75) is 20.3 Å². The average Bonchev–Trinajstić information content (AvgIpc) is 2.83. The number of aromatic amines is 1. The summed E-state index contributed by atoms with van der Waals surface area (Å²) in [6.07, 6.45) is 3.22. The van der Waals surface area contributed by atoms with Gasteiger partial charge in [-0.05, 0) is 40.3 Å². The number of hydrogen-bond acceptors (Lipinski definition) is 4. The predicted molar refractivity (Wildman–Crippen MR) is 66.4 cm³/mol. The van der Waals surface area contributed by atoms with E-state index in [0.29, 0.717) is 5.95 Å². The van der Waals surface area contributed by atoms with Gasteiger partial charge in [-0.2, -0.15) is 5.21 Å². The van der Waals surface area contributed by atoms with Gasteiger partial charge in [0, 0.05) is 13.1 Å². The molecule has 0 aliphatic carbocycles. The minimum absolute atomic E-state index is 0.668. The molecule has 0 saturated carbocycles. The third kappa shape index (κ3) is 2.32. The second-order valence-electron chi connectivity index (χ2n) is 3.78. The molecule has 0 amide bonds. The van der Waals surface area contributed by atoms with Crippen LogP contribution in [0.25, 0.3) is 0 Å². The van der Waals surface area contributed by atoms with Crippen LogP contribution in [0.2, 0.25) is 0 Å². The molecule has 0 bridgehead atoms. The van der Waals surface area contributed by atoms with Crippen molar-refractivity contribution < 1.29 is 0 Å². The number of nitrogens with one attached hydrogen (secondary N) is 1. The molecule has 0 fully saturated rings. The lowest BCUT2D eigenvalue weighted by Crippen LogP contribution is -2.21. The summed E-state index contributed by atoms with van der Waals surface area (Å²) in [7, 11) is 0. The summed E-state index contributed by atoms with van der Waals surface area (Å²) in [4.78, 5) is 2.12. The number of rotatable bonds is 3. The summed E-state index contributed by atoms with van der Waals surface area (Å²) in [5, 5.41) is 14.1. The van der Waals surface area contributed by atoms with Gasteiger partial charge in [0.1, 0.15) is 0 Å². The standard InChI is InChI=1S/C10H14BrN5/c1-3-8-5-16(10-12-14-15-13-10)6-9(8)4-7(2)11/h4H,3,5-6H2,1-2H3,(H,12,13,14,15)/b7-4+. The van der Waals surface area contributed by atoms with Crippen molar-refractivity contribution in [1.82, 2.24) is 20.6 Å². The molecular formula is C10H14BrN5. The molecule has 16 heavy (non-hydrogen) atoms. The highest BCUT2D eigenvalue weighted by Gasteiger charge is 2.22. The Morgan fingerprint density at radius 3 is 2.94 bits per heavy atom. The van der Waals surface area contributed by atoms with E-state index >= 15 is 0 Å². The van der Waals surface area contributed by atoms with Gasteiger partial charge >= 0.3 is 0 Å². The number of nitrogens with zero attached hydrogens (tertiary/aromatic N) is 4. The Morgan fingerprint density at radius 1 is 1.56 bits per heavy atom. The molecule has 0 aromatic carbocycles. The maximum atomic E-state index is 4.00. The molecule has 1 aliphatic heterocycles. The van der Waals surface area contributed by atoms with Crippen molar-refractivity contribution in [1.29, 1.82) is 0 Å². The quantitative estimate of drug-likeness (QED) is 0.922. The second kappa shape index (κ2) is 4.78. The number of anilines is 1. The first-order chi connectivity index (χ1) is 7.70. The minimum atomic E-state index is 0.668. The van der Waals surface area contributed by atoms with Crippen LogP contribution in [0.15, 0.2) is 21.7 Å². The van der Waals surface area contributed by atoms with Gasteiger partial charge in [0.25, 0.3) is 5.95 Å². The zero-order valence-electron chi connectivity index (χ0n) is 9.37. The first kappa shape index (κ1) is 11.3. The molecule has 1 aromatic rings. The van der Waals surface area contributed by atoms with E-state index in [-0.39, 0.29) is 0 Å². The van der Waals surface area contributed by atoms with E-state index in [1.807, 2.05) is 6.92 Å². The molecule has 0 unspecified atom stereocenters. The first-order valence-electron chi connectivity index (χ1n) is 5.23. The van der Waals surface area contributed by atoms with Gasteiger partial charge in [-0.25, -0.2) is 0 Å². The van der Waals surface area contributed by atoms with Crippen LogP contribution in [0.1, 0.15) is 20.3 Å². The second-order valence-corrected chi connectivity index (χ2v) is 5.03. The Bertz CT molecular complexity index is 416. The van der Waals surface area contributed by atoms with E-state index in [1.165, 1.54) is 11.1 Å². The lowest BCUT2D eigenvalue weighted by Gasteiger charge is -2.12. The summed E-state index contributed by atoms with van der Waals surface area (Å²) in [5.41, 5.74) is 2.78. The Morgan fingerprint density at radius 2 is 2.38 bits per heavy atom. The highest BCUT2D eigenvalue weighted by Crippen LogP contribution is 2.25. The Hall–Kier alpha value is -1.17.